The molecule has 2 saturated heterocycles. The predicted molar refractivity (Wildman–Crippen MR) is 116 cm³/mol. The van der Waals surface area contributed by atoms with Crippen LogP contribution in [0.2, 0.25) is 0 Å². The zero-order valence-corrected chi connectivity index (χ0v) is 18.6. The highest BCUT2D eigenvalue weighted by Gasteiger charge is 2.38. The first kappa shape index (κ1) is 21.9. The third-order valence-electron chi connectivity index (χ3n) is 6.17. The van der Waals surface area contributed by atoms with Crippen molar-refractivity contribution < 1.29 is 18.0 Å². The van der Waals surface area contributed by atoms with Crippen molar-refractivity contribution in [3.63, 3.8) is 0 Å². The Hall–Kier alpha value is -2.96. The first-order valence-electron chi connectivity index (χ1n) is 10.9. The van der Waals surface area contributed by atoms with Crippen LogP contribution in [0.25, 0.3) is 5.65 Å². The molecule has 2 fully saturated rings. The lowest BCUT2D eigenvalue weighted by molar-refractivity contribution is -0.146. The Balaban J connectivity index is 1.21. The summed E-state index contributed by atoms with van der Waals surface area (Å²) >= 11 is 1.61. The van der Waals surface area contributed by atoms with Crippen molar-refractivity contribution in [2.45, 2.75) is 25.4 Å². The second-order valence-electron chi connectivity index (χ2n) is 8.22. The Morgan fingerprint density at radius 2 is 1.82 bits per heavy atom. The topological polar surface area (TPSA) is 82.8 Å². The SMILES string of the molecule is O=C(C1CCN(c2ccc3nnc(C(F)(F)F)n3n2)CC1)N1CCCN(c2nccs2)CC1. The molecule has 0 spiro atoms. The minimum atomic E-state index is -4.63. The van der Waals surface area contributed by atoms with Gasteiger partial charge in [0.2, 0.25) is 5.91 Å². The van der Waals surface area contributed by atoms with Crippen LogP contribution in [0.1, 0.15) is 25.1 Å². The van der Waals surface area contributed by atoms with Crippen molar-refractivity contribution in [2.24, 2.45) is 5.92 Å². The van der Waals surface area contributed by atoms with E-state index in [0.717, 1.165) is 35.7 Å². The van der Waals surface area contributed by atoms with Crippen LogP contribution in [-0.4, -0.2) is 74.9 Å². The van der Waals surface area contributed by atoms with Gasteiger partial charge in [0.05, 0.1) is 0 Å². The number of carbonyl (C=O) groups is 1. The summed E-state index contributed by atoms with van der Waals surface area (Å²) in [6.07, 6.45) is -0.665. The number of fused-ring (bicyclic) bond motifs is 1. The van der Waals surface area contributed by atoms with Gasteiger partial charge in [-0.1, -0.05) is 0 Å². The molecule has 33 heavy (non-hydrogen) atoms. The molecular formula is C20H23F3N8OS. The highest BCUT2D eigenvalue weighted by molar-refractivity contribution is 7.13. The molecule has 0 saturated carbocycles. The van der Waals surface area contributed by atoms with Crippen LogP contribution in [0.15, 0.2) is 23.7 Å². The minimum absolute atomic E-state index is 0.0455. The van der Waals surface area contributed by atoms with Crippen molar-refractivity contribution in [3.05, 3.63) is 29.5 Å². The number of thiazole rings is 1. The number of amides is 1. The first-order valence-corrected chi connectivity index (χ1v) is 11.8. The largest absolute Gasteiger partial charge is 0.453 e. The van der Waals surface area contributed by atoms with Crippen molar-refractivity contribution >= 4 is 33.8 Å². The molecule has 176 valence electrons. The summed E-state index contributed by atoms with van der Waals surface area (Å²) in [5, 5.41) is 13.8. The highest BCUT2D eigenvalue weighted by atomic mass is 32.1. The zero-order chi connectivity index (χ0) is 23.0. The number of carbonyl (C=O) groups excluding carboxylic acids is 1. The quantitative estimate of drug-likeness (QED) is 0.570. The lowest BCUT2D eigenvalue weighted by Gasteiger charge is -2.34. The van der Waals surface area contributed by atoms with E-state index in [-0.39, 0.29) is 17.5 Å². The lowest BCUT2D eigenvalue weighted by atomic mass is 9.95. The molecule has 1 amide bonds. The fourth-order valence-electron chi connectivity index (χ4n) is 4.44. The van der Waals surface area contributed by atoms with Gasteiger partial charge >= 0.3 is 6.18 Å². The highest BCUT2D eigenvalue weighted by Crippen LogP contribution is 2.29. The van der Waals surface area contributed by atoms with Crippen molar-refractivity contribution in [1.29, 1.82) is 0 Å². The van der Waals surface area contributed by atoms with E-state index in [2.05, 4.69) is 25.2 Å². The molecule has 9 nitrogen and oxygen atoms in total. The van der Waals surface area contributed by atoms with Crippen molar-refractivity contribution in [1.82, 2.24) is 29.7 Å². The third kappa shape index (κ3) is 4.45. The summed E-state index contributed by atoms with van der Waals surface area (Å²) in [6, 6.07) is 3.13. The Morgan fingerprint density at radius 1 is 1.00 bits per heavy atom. The molecule has 0 unspecified atom stereocenters. The second kappa shape index (κ2) is 8.76. The fourth-order valence-corrected chi connectivity index (χ4v) is 5.14. The van der Waals surface area contributed by atoms with Crippen LogP contribution >= 0.6 is 11.3 Å². The number of rotatable bonds is 3. The molecule has 13 heteroatoms. The molecule has 5 heterocycles. The molecule has 0 N–H and O–H groups in total. The minimum Gasteiger partial charge on any atom is -0.355 e. The molecule has 0 aromatic carbocycles. The van der Waals surface area contributed by atoms with Gasteiger partial charge in [-0.05, 0) is 31.4 Å². The molecule has 2 aliphatic rings. The normalized spacial score (nSPS) is 18.7. The Kier molecular flexibility index (Phi) is 5.81. The predicted octanol–water partition coefficient (Wildman–Crippen LogP) is 2.55. The second-order valence-corrected chi connectivity index (χ2v) is 9.10. The van der Waals surface area contributed by atoms with E-state index < -0.39 is 12.0 Å². The third-order valence-corrected chi connectivity index (χ3v) is 7.00. The van der Waals surface area contributed by atoms with Crippen LogP contribution in [-0.2, 0) is 11.0 Å². The van der Waals surface area contributed by atoms with Gasteiger partial charge in [0, 0.05) is 56.8 Å². The van der Waals surface area contributed by atoms with E-state index in [4.69, 9.17) is 0 Å². The van der Waals surface area contributed by atoms with E-state index in [9.17, 15) is 18.0 Å². The molecule has 0 atom stereocenters. The average Bonchev–Trinajstić information content (AvgIpc) is 3.43. The molecule has 0 bridgehead atoms. The van der Waals surface area contributed by atoms with Gasteiger partial charge < -0.3 is 14.7 Å². The molecule has 3 aromatic rings. The van der Waals surface area contributed by atoms with E-state index >= 15 is 0 Å². The Morgan fingerprint density at radius 3 is 2.55 bits per heavy atom. The number of halogens is 3. The number of alkyl halides is 3. The molecule has 0 radical (unpaired) electrons. The van der Waals surface area contributed by atoms with E-state index in [1.807, 2.05) is 15.2 Å². The maximum atomic E-state index is 13.2. The first-order chi connectivity index (χ1) is 15.9. The van der Waals surface area contributed by atoms with E-state index in [1.165, 1.54) is 6.07 Å². The average molecular weight is 481 g/mol. The fraction of sp³-hybridized carbons (Fsp3) is 0.550. The molecular weight excluding hydrogens is 457 g/mol. The van der Waals surface area contributed by atoms with Crippen LogP contribution < -0.4 is 9.80 Å². The van der Waals surface area contributed by atoms with Gasteiger partial charge in [-0.3, -0.25) is 4.79 Å². The maximum Gasteiger partial charge on any atom is 0.453 e. The van der Waals surface area contributed by atoms with Crippen molar-refractivity contribution in [3.8, 4) is 0 Å². The van der Waals surface area contributed by atoms with Crippen molar-refractivity contribution in [2.75, 3.05) is 49.1 Å². The van der Waals surface area contributed by atoms with Gasteiger partial charge in [0.1, 0.15) is 5.82 Å². The van der Waals surface area contributed by atoms with Gasteiger partial charge in [-0.25, -0.2) is 4.98 Å². The van der Waals surface area contributed by atoms with E-state index in [1.54, 1.807) is 23.6 Å². The number of hydrogen-bond acceptors (Lipinski definition) is 8. The van der Waals surface area contributed by atoms with Crippen LogP contribution in [0, 0.1) is 5.92 Å². The summed E-state index contributed by atoms with van der Waals surface area (Å²) < 4.78 is 40.2. The smallest absolute Gasteiger partial charge is 0.355 e. The van der Waals surface area contributed by atoms with Gasteiger partial charge in [-0.2, -0.15) is 17.7 Å². The van der Waals surface area contributed by atoms with Gasteiger partial charge in [0.25, 0.3) is 5.82 Å². The summed E-state index contributed by atoms with van der Waals surface area (Å²) in [6.45, 7) is 4.15. The molecule has 5 rings (SSSR count). The van der Waals surface area contributed by atoms with E-state index in [0.29, 0.717) is 38.3 Å². The lowest BCUT2D eigenvalue weighted by Crippen LogP contribution is -2.44. The molecule has 0 aliphatic carbocycles. The maximum absolute atomic E-state index is 13.2. The van der Waals surface area contributed by atoms with Crippen LogP contribution in [0.4, 0.5) is 24.1 Å². The van der Waals surface area contributed by atoms with Gasteiger partial charge in [-0.15, -0.1) is 26.6 Å². The Labute approximate surface area is 191 Å². The number of piperidine rings is 1. The monoisotopic (exact) mass is 480 g/mol. The number of anilines is 2. The van der Waals surface area contributed by atoms with Gasteiger partial charge in [0.15, 0.2) is 10.8 Å². The zero-order valence-electron chi connectivity index (χ0n) is 17.8. The van der Waals surface area contributed by atoms with Crippen LogP contribution in [0.3, 0.4) is 0 Å². The standard InChI is InChI=1S/C20H23F3N8OS/c21-20(22,23)18-26-25-15-2-3-16(27-31(15)18)28-9-4-14(5-10-28)17(32)29-7-1-8-30(12-11-29)19-24-6-13-33-19/h2-3,6,13-14H,1,4-5,7-12H2. The van der Waals surface area contributed by atoms with Crippen LogP contribution in [0.5, 0.6) is 0 Å². The molecule has 2 aliphatic heterocycles. The summed E-state index contributed by atoms with van der Waals surface area (Å²) in [4.78, 5) is 23.6. The number of aromatic nitrogens is 5. The summed E-state index contributed by atoms with van der Waals surface area (Å²) in [7, 11) is 0. The summed E-state index contributed by atoms with van der Waals surface area (Å²) in [5.74, 6) is -0.640. The Bertz CT molecular complexity index is 1110. The number of nitrogens with zero attached hydrogens (tertiary/aromatic N) is 8. The number of hydrogen-bond donors (Lipinski definition) is 0. The molecule has 3 aromatic heterocycles. The summed E-state index contributed by atoms with van der Waals surface area (Å²) in [5.41, 5.74) is 0.0455.